The Labute approximate surface area is 207 Å². The quantitative estimate of drug-likeness (QED) is 0.343. The molecule has 0 saturated carbocycles. The van der Waals surface area contributed by atoms with Crippen LogP contribution in [0.3, 0.4) is 0 Å². The molecule has 0 bridgehead atoms. The van der Waals surface area contributed by atoms with Crippen molar-refractivity contribution in [3.63, 3.8) is 0 Å². The van der Waals surface area contributed by atoms with Gasteiger partial charge in [-0.2, -0.15) is 0 Å². The van der Waals surface area contributed by atoms with E-state index in [-0.39, 0.29) is 24.6 Å². The minimum atomic E-state index is -0.218. The van der Waals surface area contributed by atoms with E-state index in [9.17, 15) is 9.59 Å². The Bertz CT molecular complexity index is 1630. The fourth-order valence-corrected chi connectivity index (χ4v) is 4.76. The third-order valence-electron chi connectivity index (χ3n) is 6.34. The van der Waals surface area contributed by atoms with Gasteiger partial charge in [0, 0.05) is 16.1 Å². The van der Waals surface area contributed by atoms with Crippen LogP contribution in [0.4, 0.5) is 5.69 Å². The summed E-state index contributed by atoms with van der Waals surface area (Å²) in [7, 11) is 0. The summed E-state index contributed by atoms with van der Waals surface area (Å²) >= 11 is 6.33. The second-order valence-electron chi connectivity index (χ2n) is 8.58. The number of halogens is 1. The molecule has 2 heterocycles. The molecular weight excluding hydrogens is 460 g/mol. The number of rotatable bonds is 6. The fourth-order valence-electron chi connectivity index (χ4n) is 4.56. The molecule has 1 amide bonds. The first kappa shape index (κ1) is 22.9. The molecule has 1 N–H and O–H groups in total. The van der Waals surface area contributed by atoms with Gasteiger partial charge < -0.3 is 9.88 Å². The van der Waals surface area contributed by atoms with Gasteiger partial charge in [0.1, 0.15) is 17.6 Å². The van der Waals surface area contributed by atoms with Crippen LogP contribution in [0.15, 0.2) is 77.9 Å². The summed E-state index contributed by atoms with van der Waals surface area (Å²) in [5.41, 5.74) is 5.28. The normalized spacial score (nSPS) is 11.3. The number of nitrogens with one attached hydrogen (secondary N) is 1. The van der Waals surface area contributed by atoms with Crippen LogP contribution in [0.25, 0.3) is 21.9 Å². The van der Waals surface area contributed by atoms with Crippen molar-refractivity contribution in [1.29, 1.82) is 0 Å². The van der Waals surface area contributed by atoms with E-state index in [1.165, 1.54) is 4.57 Å². The Hall–Kier alpha value is -3.90. The van der Waals surface area contributed by atoms with Crippen molar-refractivity contribution in [1.82, 2.24) is 14.1 Å². The molecule has 6 nitrogen and oxygen atoms in total. The highest BCUT2D eigenvalue weighted by Crippen LogP contribution is 2.26. The van der Waals surface area contributed by atoms with Gasteiger partial charge in [-0.05, 0) is 42.2 Å². The number of carbonyl (C=O) groups excluding carboxylic acids is 1. The number of hydrogen-bond acceptors (Lipinski definition) is 3. The van der Waals surface area contributed by atoms with E-state index in [0.29, 0.717) is 16.1 Å². The molecule has 7 heteroatoms. The number of amides is 1. The Balaban J connectivity index is 1.59. The van der Waals surface area contributed by atoms with Gasteiger partial charge in [-0.3, -0.25) is 14.2 Å². The SMILES string of the molecule is CCc1cccc(C)c1NC(=O)Cn1c2ccccc2c2ncn(Cc3ccccc3Cl)c(=O)c21. The van der Waals surface area contributed by atoms with E-state index in [4.69, 9.17) is 11.6 Å². The molecule has 0 radical (unpaired) electrons. The number of carbonyl (C=O) groups is 1. The monoisotopic (exact) mass is 484 g/mol. The number of benzene rings is 3. The maximum atomic E-state index is 13.7. The Kier molecular flexibility index (Phi) is 6.14. The van der Waals surface area contributed by atoms with Gasteiger partial charge in [0.05, 0.1) is 18.4 Å². The molecule has 2 aromatic heterocycles. The van der Waals surface area contributed by atoms with E-state index < -0.39 is 0 Å². The average molecular weight is 485 g/mol. The highest BCUT2D eigenvalue weighted by Gasteiger charge is 2.19. The van der Waals surface area contributed by atoms with Gasteiger partial charge in [0.2, 0.25) is 5.91 Å². The minimum Gasteiger partial charge on any atom is -0.325 e. The second-order valence-corrected chi connectivity index (χ2v) is 8.99. The zero-order valence-electron chi connectivity index (χ0n) is 19.6. The summed E-state index contributed by atoms with van der Waals surface area (Å²) in [6, 6.07) is 21.0. The van der Waals surface area contributed by atoms with Crippen LogP contribution in [-0.2, 0) is 24.3 Å². The minimum absolute atomic E-state index is 0.00543. The summed E-state index contributed by atoms with van der Waals surface area (Å²) in [6.45, 7) is 4.32. The number of aryl methyl sites for hydroxylation is 2. The molecule has 3 aromatic carbocycles. The first-order valence-corrected chi connectivity index (χ1v) is 11.9. The average Bonchev–Trinajstić information content (AvgIpc) is 3.17. The smallest absolute Gasteiger partial charge is 0.278 e. The topological polar surface area (TPSA) is 68.9 Å². The van der Waals surface area contributed by atoms with Crippen LogP contribution < -0.4 is 10.9 Å². The van der Waals surface area contributed by atoms with Crippen molar-refractivity contribution in [2.45, 2.75) is 33.4 Å². The van der Waals surface area contributed by atoms with Crippen molar-refractivity contribution in [2.24, 2.45) is 0 Å². The summed E-state index contributed by atoms with van der Waals surface area (Å²) in [5.74, 6) is -0.197. The zero-order valence-corrected chi connectivity index (χ0v) is 20.3. The van der Waals surface area contributed by atoms with Crippen molar-refractivity contribution in [3.8, 4) is 0 Å². The summed E-state index contributed by atoms with van der Waals surface area (Å²) in [4.78, 5) is 31.5. The van der Waals surface area contributed by atoms with Crippen molar-refractivity contribution in [2.75, 3.05) is 5.32 Å². The molecule has 5 aromatic rings. The summed E-state index contributed by atoms with van der Waals surface area (Å²) < 4.78 is 3.30. The third kappa shape index (κ3) is 4.21. The number of nitrogens with zero attached hydrogens (tertiary/aromatic N) is 3. The zero-order chi connectivity index (χ0) is 24.5. The molecule has 0 unspecified atom stereocenters. The molecule has 35 heavy (non-hydrogen) atoms. The van der Waals surface area contributed by atoms with Crippen molar-refractivity contribution < 1.29 is 4.79 Å². The third-order valence-corrected chi connectivity index (χ3v) is 6.71. The van der Waals surface area contributed by atoms with Crippen molar-refractivity contribution >= 4 is 45.1 Å². The van der Waals surface area contributed by atoms with E-state index >= 15 is 0 Å². The van der Waals surface area contributed by atoms with Crippen LogP contribution in [0.1, 0.15) is 23.6 Å². The molecule has 0 aliphatic heterocycles. The molecule has 0 saturated heterocycles. The lowest BCUT2D eigenvalue weighted by atomic mass is 10.1. The van der Waals surface area contributed by atoms with Gasteiger partial charge in [-0.15, -0.1) is 0 Å². The van der Waals surface area contributed by atoms with Crippen LogP contribution in [0.5, 0.6) is 0 Å². The molecule has 0 aliphatic carbocycles. The number of fused-ring (bicyclic) bond motifs is 3. The fraction of sp³-hybridized carbons (Fsp3) is 0.179. The van der Waals surface area contributed by atoms with Crippen molar-refractivity contribution in [3.05, 3.63) is 105 Å². The molecule has 0 aliphatic rings. The van der Waals surface area contributed by atoms with Crippen LogP contribution in [-0.4, -0.2) is 20.0 Å². The lowest BCUT2D eigenvalue weighted by molar-refractivity contribution is -0.116. The predicted molar refractivity (Wildman–Crippen MR) is 141 cm³/mol. The predicted octanol–water partition coefficient (Wildman–Crippen LogP) is 5.56. The summed E-state index contributed by atoms with van der Waals surface area (Å²) in [6.07, 6.45) is 2.36. The summed E-state index contributed by atoms with van der Waals surface area (Å²) in [5, 5.41) is 4.50. The largest absolute Gasteiger partial charge is 0.325 e. The standard InChI is InChI=1S/C28H25ClN4O2/c1-3-19-11-8-9-18(2)25(19)31-24(34)16-33-23-14-7-5-12-21(23)26-27(33)28(35)32(17-30-26)15-20-10-4-6-13-22(20)29/h4-14,17H,3,15-16H2,1-2H3,(H,31,34). The van der Waals surface area contributed by atoms with Gasteiger partial charge in [0.25, 0.3) is 5.56 Å². The number of aromatic nitrogens is 3. The van der Waals surface area contributed by atoms with Gasteiger partial charge >= 0.3 is 0 Å². The number of para-hydroxylation sites is 2. The number of hydrogen-bond donors (Lipinski definition) is 1. The van der Waals surface area contributed by atoms with Crippen LogP contribution >= 0.6 is 11.6 Å². The molecule has 0 atom stereocenters. The lowest BCUT2D eigenvalue weighted by Gasteiger charge is -2.14. The van der Waals surface area contributed by atoms with E-state index in [1.54, 1.807) is 17.0 Å². The molecule has 176 valence electrons. The maximum Gasteiger partial charge on any atom is 0.278 e. The Morgan fingerprint density at radius 3 is 2.54 bits per heavy atom. The highest BCUT2D eigenvalue weighted by atomic mass is 35.5. The molecule has 0 spiro atoms. The van der Waals surface area contributed by atoms with Gasteiger partial charge in [-0.1, -0.05) is 73.1 Å². The van der Waals surface area contributed by atoms with E-state index in [0.717, 1.165) is 39.7 Å². The molecule has 0 fully saturated rings. The number of anilines is 1. The molecular formula is C28H25ClN4O2. The van der Waals surface area contributed by atoms with E-state index in [1.807, 2.05) is 67.6 Å². The van der Waals surface area contributed by atoms with E-state index in [2.05, 4.69) is 17.2 Å². The Morgan fingerprint density at radius 1 is 1.00 bits per heavy atom. The van der Waals surface area contributed by atoms with Crippen LogP contribution in [0.2, 0.25) is 5.02 Å². The highest BCUT2D eigenvalue weighted by molar-refractivity contribution is 6.31. The van der Waals surface area contributed by atoms with Gasteiger partial charge in [-0.25, -0.2) is 4.98 Å². The second kappa shape index (κ2) is 9.39. The van der Waals surface area contributed by atoms with Crippen LogP contribution in [0, 0.1) is 6.92 Å². The first-order valence-electron chi connectivity index (χ1n) is 11.6. The maximum absolute atomic E-state index is 13.7. The van der Waals surface area contributed by atoms with Gasteiger partial charge in [0.15, 0.2) is 0 Å². The lowest BCUT2D eigenvalue weighted by Crippen LogP contribution is -2.26. The first-order chi connectivity index (χ1) is 17.0. The Morgan fingerprint density at radius 2 is 1.74 bits per heavy atom. The molecule has 5 rings (SSSR count).